The summed E-state index contributed by atoms with van der Waals surface area (Å²) in [5, 5.41) is 0.780. The summed E-state index contributed by atoms with van der Waals surface area (Å²) in [5.41, 5.74) is 9.98. The van der Waals surface area contributed by atoms with Crippen LogP contribution < -0.4 is 5.73 Å². The average Bonchev–Trinajstić information content (AvgIpc) is 2.45. The first-order valence-electron chi connectivity index (χ1n) is 7.14. The van der Waals surface area contributed by atoms with Crippen LogP contribution in [0.1, 0.15) is 43.5 Å². The summed E-state index contributed by atoms with van der Waals surface area (Å²) >= 11 is 1.59. The van der Waals surface area contributed by atoms with E-state index >= 15 is 0 Å². The Balaban J connectivity index is 1.97. The van der Waals surface area contributed by atoms with Crippen molar-refractivity contribution in [1.29, 1.82) is 0 Å². The van der Waals surface area contributed by atoms with E-state index in [4.69, 9.17) is 5.73 Å². The quantitative estimate of drug-likeness (QED) is 0.688. The molecule has 2 aromatic rings. The summed E-state index contributed by atoms with van der Waals surface area (Å²) in [6.07, 6.45) is 3.66. The number of aromatic nitrogens is 2. The molecule has 1 aromatic heterocycles. The summed E-state index contributed by atoms with van der Waals surface area (Å²) in [6.45, 7) is 8.63. The standard InChI is InChI=1S/C17H23N3S/c1-12-9-19-16(20-10-12)21-11-15(18)13-5-7-14(8-6-13)17(2,3)4/h5-10,15H,11,18H2,1-4H3. The first-order valence-corrected chi connectivity index (χ1v) is 8.12. The third kappa shape index (κ3) is 4.55. The normalized spacial score (nSPS) is 13.2. The lowest BCUT2D eigenvalue weighted by Gasteiger charge is -2.20. The van der Waals surface area contributed by atoms with Gasteiger partial charge in [-0.3, -0.25) is 0 Å². The van der Waals surface area contributed by atoms with Crippen molar-refractivity contribution in [3.8, 4) is 0 Å². The van der Waals surface area contributed by atoms with Crippen LogP contribution in [0.2, 0.25) is 0 Å². The smallest absolute Gasteiger partial charge is 0.187 e. The van der Waals surface area contributed by atoms with Crippen LogP contribution in [0.4, 0.5) is 0 Å². The second kappa shape index (κ2) is 6.58. The van der Waals surface area contributed by atoms with E-state index in [2.05, 4.69) is 55.0 Å². The Morgan fingerprint density at radius 1 is 1.10 bits per heavy atom. The Kier molecular flexibility index (Phi) is 5.01. The van der Waals surface area contributed by atoms with Crippen LogP contribution >= 0.6 is 11.8 Å². The van der Waals surface area contributed by atoms with Crippen molar-refractivity contribution in [1.82, 2.24) is 9.97 Å². The van der Waals surface area contributed by atoms with Crippen LogP contribution in [-0.4, -0.2) is 15.7 Å². The minimum Gasteiger partial charge on any atom is -0.323 e. The van der Waals surface area contributed by atoms with Gasteiger partial charge in [0.15, 0.2) is 5.16 Å². The fraction of sp³-hybridized carbons (Fsp3) is 0.412. The van der Waals surface area contributed by atoms with Gasteiger partial charge in [-0.2, -0.15) is 0 Å². The molecular formula is C17H23N3S. The Bertz CT molecular complexity index is 570. The topological polar surface area (TPSA) is 51.8 Å². The van der Waals surface area contributed by atoms with Crippen molar-refractivity contribution in [2.75, 3.05) is 5.75 Å². The first-order chi connectivity index (χ1) is 9.86. The maximum Gasteiger partial charge on any atom is 0.187 e. The molecule has 0 aliphatic rings. The van der Waals surface area contributed by atoms with Crippen molar-refractivity contribution in [2.45, 2.75) is 44.3 Å². The van der Waals surface area contributed by atoms with Crippen LogP contribution in [0.25, 0.3) is 0 Å². The zero-order chi connectivity index (χ0) is 15.5. The maximum atomic E-state index is 6.26. The van der Waals surface area contributed by atoms with Crippen molar-refractivity contribution in [2.24, 2.45) is 5.73 Å². The van der Waals surface area contributed by atoms with Crippen LogP contribution in [-0.2, 0) is 5.41 Å². The molecule has 1 unspecified atom stereocenters. The number of hydrogen-bond donors (Lipinski definition) is 1. The van der Waals surface area contributed by atoms with Crippen molar-refractivity contribution in [3.05, 3.63) is 53.3 Å². The Morgan fingerprint density at radius 3 is 2.19 bits per heavy atom. The fourth-order valence-corrected chi connectivity index (χ4v) is 2.72. The van der Waals surface area contributed by atoms with E-state index in [1.165, 1.54) is 5.56 Å². The predicted octanol–water partition coefficient (Wildman–Crippen LogP) is 3.87. The molecule has 2 rings (SSSR count). The number of aryl methyl sites for hydroxylation is 1. The molecular weight excluding hydrogens is 278 g/mol. The minimum absolute atomic E-state index is 0.00563. The lowest BCUT2D eigenvalue weighted by Crippen LogP contribution is -2.15. The Morgan fingerprint density at radius 2 is 1.67 bits per heavy atom. The molecule has 2 N–H and O–H groups in total. The SMILES string of the molecule is Cc1cnc(SCC(N)c2ccc(C(C)(C)C)cc2)nc1. The lowest BCUT2D eigenvalue weighted by molar-refractivity contribution is 0.589. The number of hydrogen-bond acceptors (Lipinski definition) is 4. The maximum absolute atomic E-state index is 6.26. The molecule has 0 spiro atoms. The highest BCUT2D eigenvalue weighted by atomic mass is 32.2. The zero-order valence-corrected chi connectivity index (χ0v) is 13.9. The Hall–Kier alpha value is -1.39. The largest absolute Gasteiger partial charge is 0.323 e. The number of benzene rings is 1. The average molecular weight is 301 g/mol. The summed E-state index contributed by atoms with van der Waals surface area (Å²) in [4.78, 5) is 8.57. The molecule has 4 heteroatoms. The second-order valence-corrected chi connectivity index (χ2v) is 7.32. The summed E-state index contributed by atoms with van der Waals surface area (Å²) in [7, 11) is 0. The molecule has 3 nitrogen and oxygen atoms in total. The zero-order valence-electron chi connectivity index (χ0n) is 13.1. The molecule has 0 amide bonds. The fourth-order valence-electron chi connectivity index (χ4n) is 1.95. The van der Waals surface area contributed by atoms with E-state index in [0.29, 0.717) is 0 Å². The van der Waals surface area contributed by atoms with E-state index in [1.807, 2.05) is 19.3 Å². The van der Waals surface area contributed by atoms with Gasteiger partial charge in [0.05, 0.1) is 0 Å². The molecule has 21 heavy (non-hydrogen) atoms. The highest BCUT2D eigenvalue weighted by Gasteiger charge is 2.14. The highest BCUT2D eigenvalue weighted by molar-refractivity contribution is 7.99. The van der Waals surface area contributed by atoms with Gasteiger partial charge in [0.1, 0.15) is 0 Å². The Labute approximate surface area is 131 Å². The first kappa shape index (κ1) is 16.0. The van der Waals surface area contributed by atoms with Gasteiger partial charge in [-0.25, -0.2) is 9.97 Å². The third-order valence-electron chi connectivity index (χ3n) is 3.35. The molecule has 0 bridgehead atoms. The van der Waals surface area contributed by atoms with E-state index < -0.39 is 0 Å². The van der Waals surface area contributed by atoms with E-state index in [1.54, 1.807) is 11.8 Å². The van der Waals surface area contributed by atoms with Crippen LogP contribution in [0.3, 0.4) is 0 Å². The van der Waals surface area contributed by atoms with Gasteiger partial charge in [-0.1, -0.05) is 56.8 Å². The van der Waals surface area contributed by atoms with Gasteiger partial charge in [0.2, 0.25) is 0 Å². The molecule has 0 saturated heterocycles. The molecule has 0 aliphatic carbocycles. The minimum atomic E-state index is -0.00563. The van der Waals surface area contributed by atoms with E-state index in [9.17, 15) is 0 Å². The summed E-state index contributed by atoms with van der Waals surface area (Å²) < 4.78 is 0. The second-order valence-electron chi connectivity index (χ2n) is 6.33. The molecule has 0 saturated carbocycles. The molecule has 0 radical (unpaired) electrons. The van der Waals surface area contributed by atoms with Gasteiger partial charge in [0.25, 0.3) is 0 Å². The number of thioether (sulfide) groups is 1. The van der Waals surface area contributed by atoms with E-state index in [-0.39, 0.29) is 11.5 Å². The molecule has 0 fully saturated rings. The summed E-state index contributed by atoms with van der Waals surface area (Å²) in [5.74, 6) is 0.776. The number of nitrogens with two attached hydrogens (primary N) is 1. The van der Waals surface area contributed by atoms with Crippen molar-refractivity contribution < 1.29 is 0 Å². The molecule has 1 atom stereocenters. The highest BCUT2D eigenvalue weighted by Crippen LogP contribution is 2.25. The molecule has 1 heterocycles. The summed E-state index contributed by atoms with van der Waals surface area (Å²) in [6, 6.07) is 8.59. The van der Waals surface area contributed by atoms with Gasteiger partial charge < -0.3 is 5.73 Å². The van der Waals surface area contributed by atoms with Crippen LogP contribution in [0.15, 0.2) is 41.8 Å². The van der Waals surface area contributed by atoms with Gasteiger partial charge >= 0.3 is 0 Å². The van der Waals surface area contributed by atoms with Gasteiger partial charge in [0, 0.05) is 24.2 Å². The van der Waals surface area contributed by atoms with Crippen molar-refractivity contribution in [3.63, 3.8) is 0 Å². The monoisotopic (exact) mass is 301 g/mol. The molecule has 0 aliphatic heterocycles. The van der Waals surface area contributed by atoms with Gasteiger partial charge in [-0.15, -0.1) is 0 Å². The van der Waals surface area contributed by atoms with E-state index in [0.717, 1.165) is 22.0 Å². The van der Waals surface area contributed by atoms with Gasteiger partial charge in [-0.05, 0) is 29.0 Å². The molecule has 112 valence electrons. The van der Waals surface area contributed by atoms with Crippen molar-refractivity contribution >= 4 is 11.8 Å². The number of rotatable bonds is 4. The number of nitrogens with zero attached hydrogens (tertiary/aromatic N) is 2. The predicted molar refractivity (Wildman–Crippen MR) is 89.6 cm³/mol. The lowest BCUT2D eigenvalue weighted by atomic mass is 9.86. The molecule has 1 aromatic carbocycles. The third-order valence-corrected chi connectivity index (χ3v) is 4.35. The van der Waals surface area contributed by atoms with Crippen LogP contribution in [0.5, 0.6) is 0 Å². The van der Waals surface area contributed by atoms with Crippen LogP contribution in [0, 0.1) is 6.92 Å².